The number of thioether (sulfide) groups is 2. The van der Waals surface area contributed by atoms with Gasteiger partial charge in [-0.1, -0.05) is 78.9 Å². The average molecular weight is 687 g/mol. The van der Waals surface area contributed by atoms with Crippen LogP contribution in [0.1, 0.15) is 114 Å². The van der Waals surface area contributed by atoms with Crippen molar-refractivity contribution in [2.75, 3.05) is 31.3 Å². The number of rotatable bonds is 18. The second kappa shape index (κ2) is 16.4. The number of carbonyl (C=O) groups excluding carboxylic acids is 2. The van der Waals surface area contributed by atoms with E-state index >= 15 is 4.39 Å². The summed E-state index contributed by atoms with van der Waals surface area (Å²) in [6.07, 6.45) is 1.79. The fraction of sp³-hybridized carbons (Fsp3) is 0.935. The number of carbonyl (C=O) groups is 2. The van der Waals surface area contributed by atoms with Gasteiger partial charge in [-0.3, -0.25) is 23.2 Å². The zero-order valence-electron chi connectivity index (χ0n) is 28.5. The zero-order chi connectivity index (χ0) is 33.5. The molecule has 13 heteroatoms. The summed E-state index contributed by atoms with van der Waals surface area (Å²) in [4.78, 5) is 24.3. The highest BCUT2D eigenvalue weighted by molar-refractivity contribution is 8.14. The van der Waals surface area contributed by atoms with Gasteiger partial charge in [-0.05, 0) is 52.4 Å². The Bertz CT molecular complexity index is 956. The molecule has 0 aliphatic carbocycles. The molecular formula is C31H56FO9PS2. The fourth-order valence-corrected chi connectivity index (χ4v) is 7.96. The molecule has 0 spiro atoms. The Balaban J connectivity index is 1.94. The first-order chi connectivity index (χ1) is 20.3. The molecule has 9 nitrogen and oxygen atoms in total. The molecule has 2 aliphatic rings. The van der Waals surface area contributed by atoms with E-state index in [0.717, 1.165) is 0 Å². The van der Waals surface area contributed by atoms with Gasteiger partial charge in [0.25, 0.3) is 0 Å². The minimum Gasteiger partial charge on any atom is -0.338 e. The van der Waals surface area contributed by atoms with E-state index in [1.165, 1.54) is 23.5 Å². The van der Waals surface area contributed by atoms with E-state index in [1.807, 2.05) is 55.4 Å². The first-order valence-electron chi connectivity index (χ1n) is 15.9. The molecule has 2 rings (SSSR count). The van der Waals surface area contributed by atoms with Crippen LogP contribution in [0.3, 0.4) is 0 Å². The molecular weight excluding hydrogens is 630 g/mol. The van der Waals surface area contributed by atoms with Crippen molar-refractivity contribution in [1.82, 2.24) is 0 Å². The largest absolute Gasteiger partial charge is 0.474 e. The van der Waals surface area contributed by atoms with Gasteiger partial charge in [-0.15, -0.1) is 0 Å². The molecule has 2 saturated heterocycles. The number of ether oxygens (including phenoxy) is 3. The van der Waals surface area contributed by atoms with Gasteiger partial charge < -0.3 is 14.2 Å². The predicted molar refractivity (Wildman–Crippen MR) is 174 cm³/mol. The molecule has 0 bridgehead atoms. The minimum atomic E-state index is -4.03. The Hall–Kier alpha value is -0.0400. The third-order valence-corrected chi connectivity index (χ3v) is 12.1. The van der Waals surface area contributed by atoms with Crippen molar-refractivity contribution >= 4 is 41.6 Å². The van der Waals surface area contributed by atoms with E-state index in [1.54, 1.807) is 13.8 Å². The third-order valence-electron chi connectivity index (χ3n) is 7.87. The summed E-state index contributed by atoms with van der Waals surface area (Å²) in [6, 6.07) is 0. The summed E-state index contributed by atoms with van der Waals surface area (Å²) >= 11 is 2.55. The molecule has 2 heterocycles. The molecule has 0 aromatic carbocycles. The molecule has 1 unspecified atom stereocenters. The van der Waals surface area contributed by atoms with Gasteiger partial charge in [0.1, 0.15) is 5.60 Å². The highest BCUT2D eigenvalue weighted by atomic mass is 32.2. The second-order valence-electron chi connectivity index (χ2n) is 13.8. The van der Waals surface area contributed by atoms with E-state index in [2.05, 4.69) is 0 Å². The van der Waals surface area contributed by atoms with Crippen LogP contribution in [0, 0.1) is 10.8 Å². The summed E-state index contributed by atoms with van der Waals surface area (Å²) in [6.45, 7) is 18.6. The maximum absolute atomic E-state index is 16.3. The molecule has 0 amide bonds. The summed E-state index contributed by atoms with van der Waals surface area (Å²) in [7, 11) is -4.03. The molecule has 0 radical (unpaired) electrons. The Labute approximate surface area is 273 Å². The fourth-order valence-electron chi connectivity index (χ4n) is 4.78. The van der Waals surface area contributed by atoms with Crippen molar-refractivity contribution in [3.63, 3.8) is 0 Å². The van der Waals surface area contributed by atoms with E-state index in [-0.39, 0.29) is 36.5 Å². The lowest BCUT2D eigenvalue weighted by atomic mass is 9.92. The second-order valence-corrected chi connectivity index (χ2v) is 17.6. The molecule has 0 N–H and O–H groups in total. The number of hydrogen-bond donors (Lipinski definition) is 0. The molecule has 2 aliphatic heterocycles. The number of halogens is 1. The molecule has 0 saturated carbocycles. The maximum atomic E-state index is 16.3. The van der Waals surface area contributed by atoms with Crippen LogP contribution in [0.15, 0.2) is 0 Å². The molecule has 0 aromatic rings. The van der Waals surface area contributed by atoms with E-state index in [9.17, 15) is 14.2 Å². The summed E-state index contributed by atoms with van der Waals surface area (Å²) < 4.78 is 64.9. The Morgan fingerprint density at radius 3 is 1.70 bits per heavy atom. The number of hydrogen-bond acceptors (Lipinski definition) is 11. The van der Waals surface area contributed by atoms with Crippen molar-refractivity contribution in [1.29, 1.82) is 0 Å². The highest BCUT2D eigenvalue weighted by Gasteiger charge is 2.70. The first-order valence-corrected chi connectivity index (χ1v) is 19.3. The Morgan fingerprint density at radius 1 is 0.818 bits per heavy atom. The first kappa shape index (κ1) is 40.1. The summed E-state index contributed by atoms with van der Waals surface area (Å²) in [5.74, 6) is -1.85. The molecule has 2 fully saturated rings. The number of phosphoric acid groups is 1. The van der Waals surface area contributed by atoms with Gasteiger partial charge in [0.15, 0.2) is 22.1 Å². The average Bonchev–Trinajstić information content (AvgIpc) is 3.34. The third kappa shape index (κ3) is 11.0. The Kier molecular flexibility index (Phi) is 14.9. The zero-order valence-corrected chi connectivity index (χ0v) is 31.0. The molecule has 0 aromatic heterocycles. The van der Waals surface area contributed by atoms with Crippen LogP contribution in [0.2, 0.25) is 0 Å². The van der Waals surface area contributed by atoms with Crippen molar-refractivity contribution in [2.45, 2.75) is 144 Å². The minimum absolute atomic E-state index is 0.0962. The van der Waals surface area contributed by atoms with Crippen LogP contribution in [-0.4, -0.2) is 71.0 Å². The monoisotopic (exact) mass is 686 g/mol. The van der Waals surface area contributed by atoms with Crippen molar-refractivity contribution in [3.8, 4) is 0 Å². The smallest absolute Gasteiger partial charge is 0.338 e. The number of alkyl halides is 1. The van der Waals surface area contributed by atoms with Gasteiger partial charge in [0.05, 0.1) is 25.9 Å². The van der Waals surface area contributed by atoms with Gasteiger partial charge in [0, 0.05) is 28.8 Å². The van der Waals surface area contributed by atoms with Crippen LogP contribution in [0.4, 0.5) is 4.39 Å². The van der Waals surface area contributed by atoms with Crippen molar-refractivity contribution < 1.29 is 46.3 Å². The lowest BCUT2D eigenvalue weighted by Gasteiger charge is -2.31. The number of fused-ring (bicyclic) bond motifs is 1. The Morgan fingerprint density at radius 2 is 1.27 bits per heavy atom. The predicted octanol–water partition coefficient (Wildman–Crippen LogP) is 8.48. The summed E-state index contributed by atoms with van der Waals surface area (Å²) in [5, 5.41) is 0.231. The van der Waals surface area contributed by atoms with Crippen LogP contribution in [-0.2, 0) is 41.9 Å². The van der Waals surface area contributed by atoms with E-state index in [4.69, 9.17) is 27.8 Å². The molecule has 4 atom stereocenters. The molecule has 258 valence electrons. The van der Waals surface area contributed by atoms with Gasteiger partial charge in [-0.25, -0.2) is 8.96 Å². The van der Waals surface area contributed by atoms with Crippen LogP contribution >= 0.6 is 31.3 Å². The van der Waals surface area contributed by atoms with Crippen LogP contribution in [0.25, 0.3) is 0 Å². The van der Waals surface area contributed by atoms with Gasteiger partial charge in [0.2, 0.25) is 5.85 Å². The van der Waals surface area contributed by atoms with Crippen molar-refractivity contribution in [3.05, 3.63) is 0 Å². The normalized spacial score (nSPS) is 27.1. The number of phosphoric ester groups is 1. The lowest BCUT2D eigenvalue weighted by Crippen LogP contribution is -2.45. The highest BCUT2D eigenvalue weighted by Crippen LogP contribution is 2.55. The standard InChI is InChI=1S/C31H56FO9PS2/c1-11-30(12-2)40-24-29(10,41-30)23(3)39-31(24,32)17-20-38-42(35,36-18-13-15-21-43-25(33)27(4,5)6)37-19-14-16-22-44-26(34)28(7,8)9/h23-24H,11-22H2,1-10H3/t23?,24-,29-,31+/m0/s1. The van der Waals surface area contributed by atoms with Gasteiger partial charge in [-0.2, -0.15) is 0 Å². The van der Waals surface area contributed by atoms with E-state index in [0.29, 0.717) is 50.0 Å². The van der Waals surface area contributed by atoms with Crippen LogP contribution in [0.5, 0.6) is 0 Å². The number of unbranched alkanes of at least 4 members (excludes halogenated alkanes) is 2. The maximum Gasteiger partial charge on any atom is 0.474 e. The summed E-state index contributed by atoms with van der Waals surface area (Å²) in [5.41, 5.74) is -1.79. The quantitative estimate of drug-likeness (QED) is 0.102. The topological polar surface area (TPSA) is 107 Å². The van der Waals surface area contributed by atoms with Gasteiger partial charge >= 0.3 is 7.82 Å². The van der Waals surface area contributed by atoms with E-state index < -0.39 is 48.1 Å². The lowest BCUT2D eigenvalue weighted by molar-refractivity contribution is -0.265. The SMILES string of the molecule is CCC1(CC)O[C@@H]2[C@@](F)(CCOP(=O)(OCCCCSC(=O)C(C)(C)C)OCCCCSC(=O)C(C)(C)C)OC(C)[C@]2(C)O1. The molecule has 44 heavy (non-hydrogen) atoms. The van der Waals surface area contributed by atoms with Crippen molar-refractivity contribution in [2.24, 2.45) is 10.8 Å². The van der Waals surface area contributed by atoms with Crippen LogP contribution < -0.4 is 0 Å².